The Morgan fingerprint density at radius 3 is 1.42 bits per heavy atom. The SMILES string of the molecule is CCCCCCCCCCCCCCCC(=O)OCC(COP(=O)(O)OCCNC(=O)CCCCN(CC(=O)O)C1CN(CC(=O)O)CCN(CC(=O)O)C1)OC(=O)CCCCCCCCCCCCCCC.[Gd+3]. The number of ether oxygens (including phenoxy) is 2. The molecule has 1 amide bonds. The Morgan fingerprint density at radius 2 is 0.986 bits per heavy atom. The van der Waals surface area contributed by atoms with Crippen molar-refractivity contribution in [2.75, 3.05) is 78.7 Å². The molecule has 0 spiro atoms. The molecule has 1 aliphatic rings. The van der Waals surface area contributed by atoms with E-state index in [1.165, 1.54) is 116 Å². The Labute approximate surface area is 476 Å². The summed E-state index contributed by atoms with van der Waals surface area (Å²) in [7, 11) is -4.69. The second-order valence-corrected chi connectivity index (χ2v) is 21.4. The van der Waals surface area contributed by atoms with Gasteiger partial charge in [0.1, 0.15) is 6.61 Å². The van der Waals surface area contributed by atoms with Gasteiger partial charge in [0.05, 0.1) is 32.8 Å². The zero-order chi connectivity index (χ0) is 53.8. The molecule has 1 heterocycles. The van der Waals surface area contributed by atoms with Gasteiger partial charge < -0.3 is 35.0 Å². The molecule has 2 atom stereocenters. The average Bonchev–Trinajstić information content (AvgIpc) is 3.53. The average molecular weight is 1220 g/mol. The van der Waals surface area contributed by atoms with E-state index in [2.05, 4.69) is 19.2 Å². The van der Waals surface area contributed by atoms with Crippen molar-refractivity contribution < 1.29 is 112 Å². The number of carboxylic acid groups (broad SMARTS) is 3. The summed E-state index contributed by atoms with van der Waals surface area (Å²) in [6, 6.07) is -0.468. The number of unbranched alkanes of at least 4 members (excludes halogenated alkanes) is 25. The van der Waals surface area contributed by atoms with Crippen LogP contribution >= 0.6 is 7.82 Å². The largest absolute Gasteiger partial charge is 3.00 e. The summed E-state index contributed by atoms with van der Waals surface area (Å²) in [5.74, 6) is -4.56. The number of carboxylic acids is 3. The number of nitrogens with zero attached hydrogens (tertiary/aromatic N) is 3. The van der Waals surface area contributed by atoms with Gasteiger partial charge in [0, 0.05) is 58.0 Å². The van der Waals surface area contributed by atoms with Gasteiger partial charge in [-0.15, -0.1) is 0 Å². The van der Waals surface area contributed by atoms with Crippen molar-refractivity contribution in [3.05, 3.63) is 0 Å². The van der Waals surface area contributed by atoms with E-state index in [1.807, 2.05) is 0 Å². The maximum absolute atomic E-state index is 12.9. The Balaban J connectivity index is 0.0000533. The molecule has 0 bridgehead atoms. The molecule has 1 aliphatic heterocycles. The fourth-order valence-electron chi connectivity index (χ4n) is 9.03. The van der Waals surface area contributed by atoms with E-state index in [-0.39, 0.29) is 124 Å². The van der Waals surface area contributed by atoms with Crippen LogP contribution in [0.15, 0.2) is 0 Å². The molecule has 1 rings (SSSR count). The molecule has 1 radical (unpaired) electrons. The summed E-state index contributed by atoms with van der Waals surface area (Å²) in [6.07, 6.45) is 30.5. The van der Waals surface area contributed by atoms with Crippen molar-refractivity contribution in [3.8, 4) is 0 Å². The number of phosphoric acid groups is 1. The summed E-state index contributed by atoms with van der Waals surface area (Å²) >= 11 is 0. The van der Waals surface area contributed by atoms with Crippen LogP contribution in [0.4, 0.5) is 0 Å². The molecule has 2 unspecified atom stereocenters. The molecule has 74 heavy (non-hydrogen) atoms. The first-order chi connectivity index (χ1) is 35.1. The van der Waals surface area contributed by atoms with Crippen molar-refractivity contribution in [2.24, 2.45) is 0 Å². The van der Waals surface area contributed by atoms with Gasteiger partial charge in [-0.3, -0.25) is 52.5 Å². The number of rotatable bonds is 50. The van der Waals surface area contributed by atoms with Crippen molar-refractivity contribution in [1.82, 2.24) is 20.0 Å². The Hall–Kier alpha value is -1.87. The number of carbonyl (C=O) groups is 6. The van der Waals surface area contributed by atoms with E-state index < -0.39 is 56.4 Å². The minimum atomic E-state index is -4.69. The minimum absolute atomic E-state index is 0. The van der Waals surface area contributed by atoms with Gasteiger partial charge in [-0.25, -0.2) is 4.57 Å². The molecule has 5 N–H and O–H groups in total. The zero-order valence-corrected chi connectivity index (χ0v) is 48.6. The Bertz CT molecular complexity index is 1510. The standard InChI is InChI=1S/C53H99N4O15P.Gd/c1-3-5-7-9-11-13-15-17-19-21-23-25-27-32-52(65)69-44-47(72-53(66)33-28-26-24-22-20-18-16-14-12-10-8-6-4-2)45-71-73(67,68)70-38-34-54-48(58)31-29-30-35-57(43-51(63)64)46-39-55(41-49(59)60)36-37-56(40-46)42-50(61)62;/h46-47H,3-45H2,1-2H3,(H,54,58)(H,59,60)(H,61,62)(H,63,64)(H,67,68);/q;+3. The van der Waals surface area contributed by atoms with E-state index in [0.29, 0.717) is 38.8 Å². The third kappa shape index (κ3) is 44.2. The minimum Gasteiger partial charge on any atom is -0.480 e. The summed E-state index contributed by atoms with van der Waals surface area (Å²) < 4.78 is 34.1. The number of amides is 1. The Morgan fingerprint density at radius 1 is 0.568 bits per heavy atom. The van der Waals surface area contributed by atoms with E-state index in [0.717, 1.165) is 38.5 Å². The molecule has 0 aromatic heterocycles. The predicted molar refractivity (Wildman–Crippen MR) is 281 cm³/mol. The molecule has 0 aromatic carbocycles. The monoisotopic (exact) mass is 1220 g/mol. The topological polar surface area (TPSA) is 259 Å². The number of esters is 2. The van der Waals surface area contributed by atoms with Crippen LogP contribution in [0.5, 0.6) is 0 Å². The second-order valence-electron chi connectivity index (χ2n) is 20.0. The van der Waals surface area contributed by atoms with Crippen LogP contribution in [-0.2, 0) is 51.9 Å². The third-order valence-electron chi connectivity index (χ3n) is 13.1. The predicted octanol–water partition coefficient (Wildman–Crippen LogP) is 9.37. The number of phosphoric ester groups is 1. The number of hydrogen-bond donors (Lipinski definition) is 5. The van der Waals surface area contributed by atoms with Gasteiger partial charge in [-0.1, -0.05) is 168 Å². The van der Waals surface area contributed by atoms with Crippen LogP contribution in [0.2, 0.25) is 0 Å². The van der Waals surface area contributed by atoms with Gasteiger partial charge in [0.2, 0.25) is 5.91 Å². The van der Waals surface area contributed by atoms with E-state index in [4.69, 9.17) is 18.5 Å². The van der Waals surface area contributed by atoms with Crippen LogP contribution in [0, 0.1) is 39.9 Å². The van der Waals surface area contributed by atoms with Crippen LogP contribution in [0.1, 0.15) is 213 Å². The van der Waals surface area contributed by atoms with Crippen LogP contribution in [-0.4, -0.2) is 162 Å². The molecule has 1 saturated heterocycles. The second kappa shape index (κ2) is 48.3. The van der Waals surface area contributed by atoms with E-state index in [1.54, 1.807) is 14.7 Å². The summed E-state index contributed by atoms with van der Waals surface area (Å²) in [5.41, 5.74) is 0. The van der Waals surface area contributed by atoms with Crippen molar-refractivity contribution in [2.45, 2.75) is 225 Å². The molecular formula is C53H99GdN4O15P+3. The van der Waals surface area contributed by atoms with Gasteiger partial charge in [0.25, 0.3) is 0 Å². The molecule has 21 heteroatoms. The quantitative estimate of drug-likeness (QED) is 0.0216. The first-order valence-corrected chi connectivity index (χ1v) is 29.7. The fourth-order valence-corrected chi connectivity index (χ4v) is 9.78. The molecule has 0 aliphatic carbocycles. The van der Waals surface area contributed by atoms with Crippen LogP contribution < -0.4 is 5.32 Å². The van der Waals surface area contributed by atoms with Crippen molar-refractivity contribution in [1.29, 1.82) is 0 Å². The fraction of sp³-hybridized carbons (Fsp3) is 0.887. The summed E-state index contributed by atoms with van der Waals surface area (Å²) in [5, 5.41) is 30.9. The summed E-state index contributed by atoms with van der Waals surface area (Å²) in [4.78, 5) is 88.2. The maximum Gasteiger partial charge on any atom is 3.00 e. The molecule has 19 nitrogen and oxygen atoms in total. The van der Waals surface area contributed by atoms with Crippen molar-refractivity contribution >= 4 is 43.6 Å². The smallest absolute Gasteiger partial charge is 0.480 e. The van der Waals surface area contributed by atoms with Gasteiger partial charge in [-0.05, 0) is 32.2 Å². The molecular weight excluding hydrogens is 1120 g/mol. The third-order valence-corrected chi connectivity index (χ3v) is 14.1. The van der Waals surface area contributed by atoms with Gasteiger partial charge >= 0.3 is 77.6 Å². The number of aliphatic carboxylic acids is 3. The normalized spacial score (nSPS) is 14.7. The number of carbonyl (C=O) groups excluding carboxylic acids is 3. The zero-order valence-electron chi connectivity index (χ0n) is 45.5. The number of nitrogens with one attached hydrogen (secondary N) is 1. The molecule has 1 fully saturated rings. The molecule has 431 valence electrons. The van der Waals surface area contributed by atoms with Gasteiger partial charge in [-0.2, -0.15) is 0 Å². The molecule has 0 saturated carbocycles. The number of hydrogen-bond acceptors (Lipinski definition) is 14. The van der Waals surface area contributed by atoms with E-state index >= 15 is 0 Å². The maximum atomic E-state index is 12.9. The van der Waals surface area contributed by atoms with E-state index in [9.17, 15) is 53.5 Å². The first-order valence-electron chi connectivity index (χ1n) is 28.2. The molecule has 0 aromatic rings. The van der Waals surface area contributed by atoms with Crippen LogP contribution in [0.3, 0.4) is 0 Å². The Kier molecular flexibility index (Phi) is 47.1. The van der Waals surface area contributed by atoms with Crippen LogP contribution in [0.25, 0.3) is 0 Å². The van der Waals surface area contributed by atoms with Crippen molar-refractivity contribution in [3.63, 3.8) is 0 Å². The first kappa shape index (κ1) is 72.1. The van der Waals surface area contributed by atoms with Gasteiger partial charge in [0.15, 0.2) is 6.10 Å². The summed E-state index contributed by atoms with van der Waals surface area (Å²) in [6.45, 7) is 3.47.